The number of benzene rings is 2. The molecule has 2 aromatic carbocycles. The van der Waals surface area contributed by atoms with Crippen LogP contribution in [0.15, 0.2) is 42.5 Å². The van der Waals surface area contributed by atoms with Crippen LogP contribution >= 0.6 is 0 Å². The van der Waals surface area contributed by atoms with Crippen molar-refractivity contribution in [1.82, 2.24) is 4.90 Å². The number of likely N-dealkylation sites (N-methyl/N-ethyl adjacent to an activating group) is 1. The Hall–Kier alpha value is -1.87. The Morgan fingerprint density at radius 2 is 1.89 bits per heavy atom. The predicted molar refractivity (Wildman–Crippen MR) is 76.9 cm³/mol. The van der Waals surface area contributed by atoms with Gasteiger partial charge in [0.2, 0.25) is 0 Å². The lowest BCUT2D eigenvalue weighted by atomic mass is 10.0. The molecular weight excluding hydrogens is 238 g/mol. The highest BCUT2D eigenvalue weighted by molar-refractivity contribution is 5.85. The Morgan fingerprint density at radius 3 is 2.63 bits per heavy atom. The predicted octanol–water partition coefficient (Wildman–Crippen LogP) is 2.83. The fourth-order valence-corrected chi connectivity index (χ4v) is 2.20. The molecule has 0 fully saturated rings. The van der Waals surface area contributed by atoms with Gasteiger partial charge in [-0.25, -0.2) is 0 Å². The Balaban J connectivity index is 2.22. The van der Waals surface area contributed by atoms with Gasteiger partial charge in [0.05, 0.1) is 13.7 Å². The average Bonchev–Trinajstić information content (AvgIpc) is 2.46. The second-order valence-electron chi connectivity index (χ2n) is 4.52. The topological polar surface area (TPSA) is 29.5 Å². The van der Waals surface area contributed by atoms with E-state index in [9.17, 15) is 4.79 Å². The number of methoxy groups -OCH3 is 1. The number of esters is 1. The molecule has 0 spiro atoms. The monoisotopic (exact) mass is 257 g/mol. The Morgan fingerprint density at radius 1 is 1.16 bits per heavy atom. The van der Waals surface area contributed by atoms with Crippen molar-refractivity contribution >= 4 is 16.7 Å². The molecular formula is C16H19NO2. The van der Waals surface area contributed by atoms with E-state index < -0.39 is 0 Å². The summed E-state index contributed by atoms with van der Waals surface area (Å²) in [4.78, 5) is 13.4. The van der Waals surface area contributed by atoms with Crippen molar-refractivity contribution in [2.24, 2.45) is 0 Å². The second-order valence-corrected chi connectivity index (χ2v) is 4.52. The third-order valence-electron chi connectivity index (χ3n) is 3.30. The molecule has 2 rings (SSSR count). The van der Waals surface area contributed by atoms with Crippen LogP contribution in [0.25, 0.3) is 10.8 Å². The zero-order valence-corrected chi connectivity index (χ0v) is 11.4. The minimum absolute atomic E-state index is 0.193. The van der Waals surface area contributed by atoms with Crippen LogP contribution in [-0.4, -0.2) is 31.1 Å². The van der Waals surface area contributed by atoms with Crippen molar-refractivity contribution in [3.05, 3.63) is 48.0 Å². The minimum atomic E-state index is -0.193. The van der Waals surface area contributed by atoms with Crippen LogP contribution < -0.4 is 0 Å². The number of carbonyl (C=O) groups is 1. The van der Waals surface area contributed by atoms with E-state index in [4.69, 9.17) is 4.74 Å². The summed E-state index contributed by atoms with van der Waals surface area (Å²) in [6.45, 7) is 3.95. The van der Waals surface area contributed by atoms with E-state index in [1.807, 2.05) is 19.1 Å². The van der Waals surface area contributed by atoms with Gasteiger partial charge in [-0.15, -0.1) is 0 Å². The van der Waals surface area contributed by atoms with Crippen molar-refractivity contribution in [3.8, 4) is 0 Å². The molecule has 0 aliphatic rings. The maximum atomic E-state index is 11.4. The minimum Gasteiger partial charge on any atom is -0.468 e. The largest absolute Gasteiger partial charge is 0.468 e. The standard InChI is InChI=1S/C16H19NO2/c1-3-17(12-16(18)19-2)11-14-9-6-8-13-7-4-5-10-15(13)14/h4-10H,3,11-12H2,1-2H3. The van der Waals surface area contributed by atoms with Crippen LogP contribution in [-0.2, 0) is 16.1 Å². The van der Waals surface area contributed by atoms with E-state index in [-0.39, 0.29) is 5.97 Å². The first-order valence-electron chi connectivity index (χ1n) is 6.50. The van der Waals surface area contributed by atoms with E-state index >= 15 is 0 Å². The summed E-state index contributed by atoms with van der Waals surface area (Å²) in [5.74, 6) is -0.193. The zero-order valence-electron chi connectivity index (χ0n) is 11.4. The molecule has 0 unspecified atom stereocenters. The maximum Gasteiger partial charge on any atom is 0.319 e. The van der Waals surface area contributed by atoms with Gasteiger partial charge in [0.1, 0.15) is 0 Å². The number of carbonyl (C=O) groups excluding carboxylic acids is 1. The molecule has 3 heteroatoms. The maximum absolute atomic E-state index is 11.4. The van der Waals surface area contributed by atoms with Crippen LogP contribution in [0.5, 0.6) is 0 Å². The number of hydrogen-bond donors (Lipinski definition) is 0. The van der Waals surface area contributed by atoms with Crippen LogP contribution in [0.3, 0.4) is 0 Å². The molecule has 0 amide bonds. The first-order valence-corrected chi connectivity index (χ1v) is 6.50. The molecule has 0 aliphatic heterocycles. The smallest absolute Gasteiger partial charge is 0.319 e. The third kappa shape index (κ3) is 3.32. The Kier molecular flexibility index (Phi) is 4.53. The first-order chi connectivity index (χ1) is 9.24. The summed E-state index contributed by atoms with van der Waals surface area (Å²) in [5, 5.41) is 2.47. The van der Waals surface area contributed by atoms with Gasteiger partial charge in [-0.2, -0.15) is 0 Å². The van der Waals surface area contributed by atoms with E-state index in [0.717, 1.165) is 13.1 Å². The molecule has 0 aliphatic carbocycles. The van der Waals surface area contributed by atoms with Gasteiger partial charge in [-0.05, 0) is 22.9 Å². The van der Waals surface area contributed by atoms with Crippen LogP contribution in [0.2, 0.25) is 0 Å². The van der Waals surface area contributed by atoms with Gasteiger partial charge in [-0.3, -0.25) is 9.69 Å². The summed E-state index contributed by atoms with van der Waals surface area (Å²) in [5.41, 5.74) is 1.24. The summed E-state index contributed by atoms with van der Waals surface area (Å²) in [6, 6.07) is 14.6. The second kappa shape index (κ2) is 6.34. The zero-order chi connectivity index (χ0) is 13.7. The summed E-state index contributed by atoms with van der Waals surface area (Å²) in [6.07, 6.45) is 0. The highest BCUT2D eigenvalue weighted by atomic mass is 16.5. The van der Waals surface area contributed by atoms with E-state index in [1.54, 1.807) is 0 Å². The number of rotatable bonds is 5. The normalized spacial score (nSPS) is 10.9. The summed E-state index contributed by atoms with van der Waals surface area (Å²) in [7, 11) is 1.42. The highest BCUT2D eigenvalue weighted by Crippen LogP contribution is 2.19. The van der Waals surface area contributed by atoms with E-state index in [0.29, 0.717) is 6.54 Å². The molecule has 0 heterocycles. The summed E-state index contributed by atoms with van der Waals surface area (Å²) >= 11 is 0. The van der Waals surface area contributed by atoms with Crippen molar-refractivity contribution in [2.45, 2.75) is 13.5 Å². The van der Waals surface area contributed by atoms with Crippen LogP contribution in [0.4, 0.5) is 0 Å². The van der Waals surface area contributed by atoms with E-state index in [2.05, 4.69) is 35.2 Å². The summed E-state index contributed by atoms with van der Waals surface area (Å²) < 4.78 is 4.73. The van der Waals surface area contributed by atoms with Crippen molar-refractivity contribution in [2.75, 3.05) is 20.2 Å². The molecule has 19 heavy (non-hydrogen) atoms. The number of ether oxygens (including phenoxy) is 1. The van der Waals surface area contributed by atoms with Crippen molar-refractivity contribution < 1.29 is 9.53 Å². The lowest BCUT2D eigenvalue weighted by Crippen LogP contribution is -2.30. The molecule has 3 nitrogen and oxygen atoms in total. The van der Waals surface area contributed by atoms with Gasteiger partial charge in [0, 0.05) is 6.54 Å². The third-order valence-corrected chi connectivity index (χ3v) is 3.30. The fraction of sp³-hybridized carbons (Fsp3) is 0.312. The fourth-order valence-electron chi connectivity index (χ4n) is 2.20. The first kappa shape index (κ1) is 13.6. The molecule has 0 N–H and O–H groups in total. The lowest BCUT2D eigenvalue weighted by molar-refractivity contribution is -0.142. The van der Waals surface area contributed by atoms with Crippen LogP contribution in [0, 0.1) is 0 Å². The molecule has 0 bridgehead atoms. The van der Waals surface area contributed by atoms with Crippen molar-refractivity contribution in [1.29, 1.82) is 0 Å². The van der Waals surface area contributed by atoms with Crippen molar-refractivity contribution in [3.63, 3.8) is 0 Å². The van der Waals surface area contributed by atoms with Crippen LogP contribution in [0.1, 0.15) is 12.5 Å². The molecule has 2 aromatic rings. The quantitative estimate of drug-likeness (QED) is 0.771. The molecule has 0 saturated heterocycles. The van der Waals surface area contributed by atoms with Gasteiger partial charge in [-0.1, -0.05) is 49.4 Å². The number of nitrogens with zero attached hydrogens (tertiary/aromatic N) is 1. The molecule has 0 atom stereocenters. The average molecular weight is 257 g/mol. The molecule has 0 radical (unpaired) electrons. The highest BCUT2D eigenvalue weighted by Gasteiger charge is 2.11. The molecule has 0 aromatic heterocycles. The SMILES string of the molecule is CCN(CC(=O)OC)Cc1cccc2ccccc12. The van der Waals surface area contributed by atoms with E-state index in [1.165, 1.54) is 23.4 Å². The number of hydrogen-bond acceptors (Lipinski definition) is 3. The van der Waals surface area contributed by atoms with Gasteiger partial charge in [0.25, 0.3) is 0 Å². The Bertz CT molecular complexity index is 560. The Labute approximate surface area is 113 Å². The van der Waals surface area contributed by atoms with Gasteiger partial charge in [0.15, 0.2) is 0 Å². The number of fused-ring (bicyclic) bond motifs is 1. The molecule has 100 valence electrons. The van der Waals surface area contributed by atoms with Gasteiger partial charge >= 0.3 is 5.97 Å². The lowest BCUT2D eigenvalue weighted by Gasteiger charge is -2.19. The molecule has 0 saturated carbocycles. The van der Waals surface area contributed by atoms with Gasteiger partial charge < -0.3 is 4.74 Å².